The van der Waals surface area contributed by atoms with Gasteiger partial charge >= 0.3 is 11.9 Å². The minimum absolute atomic E-state index is 0.123. The molecule has 0 bridgehead atoms. The molecule has 1 atom stereocenters. The Kier molecular flexibility index (Phi) is 9.67. The van der Waals surface area contributed by atoms with Crippen molar-refractivity contribution in [1.82, 2.24) is 25.0 Å². The number of allylic oxidation sites excluding steroid dienone is 1. The topological polar surface area (TPSA) is 137 Å². The second kappa shape index (κ2) is 13.2. The number of carbonyl (C=O) groups is 2. The molecule has 2 aromatic rings. The van der Waals surface area contributed by atoms with Gasteiger partial charge in [0.05, 0.1) is 49.7 Å². The largest absolute Gasteiger partial charge is 0.466 e. The number of hydrogen-bond acceptors (Lipinski definition) is 11. The van der Waals surface area contributed by atoms with Crippen LogP contribution in [0.3, 0.4) is 0 Å². The molecule has 216 valence electrons. The van der Waals surface area contributed by atoms with Crippen LogP contribution in [0.25, 0.3) is 0 Å². The zero-order valence-corrected chi connectivity index (χ0v) is 24.0. The van der Waals surface area contributed by atoms with Gasteiger partial charge in [0.2, 0.25) is 11.9 Å². The van der Waals surface area contributed by atoms with Crippen molar-refractivity contribution in [3.63, 3.8) is 0 Å². The number of nitrogen functional groups attached to an aromatic ring is 1. The summed E-state index contributed by atoms with van der Waals surface area (Å²) < 4.78 is 18.1. The predicted molar refractivity (Wildman–Crippen MR) is 151 cm³/mol. The Labute approximate surface area is 238 Å². The molecule has 4 rings (SSSR count). The van der Waals surface area contributed by atoms with Gasteiger partial charge in [-0.15, -0.1) is 5.10 Å². The number of nitrogens with zero attached hydrogens (tertiary/aromatic N) is 5. The first-order valence-electron chi connectivity index (χ1n) is 13.2. The lowest BCUT2D eigenvalue weighted by atomic mass is 9.80. The van der Waals surface area contributed by atoms with Gasteiger partial charge in [-0.2, -0.15) is 4.98 Å². The number of dihydropyridines is 1. The number of piperazine rings is 1. The average molecular weight is 574 g/mol. The molecule has 1 fully saturated rings. The van der Waals surface area contributed by atoms with E-state index < -0.39 is 17.9 Å². The van der Waals surface area contributed by atoms with Crippen LogP contribution in [0.2, 0.25) is 5.02 Å². The number of esters is 2. The maximum Gasteiger partial charge on any atom is 0.336 e. The molecular formula is C27H36ClN7O5. The molecule has 1 saturated heterocycles. The summed E-state index contributed by atoms with van der Waals surface area (Å²) in [6.45, 7) is 8.17. The quantitative estimate of drug-likeness (QED) is 0.318. The summed E-state index contributed by atoms with van der Waals surface area (Å²) in [6.07, 6.45) is 0. The summed E-state index contributed by atoms with van der Waals surface area (Å²) >= 11 is 6.56. The van der Waals surface area contributed by atoms with E-state index in [0.29, 0.717) is 52.6 Å². The maximum atomic E-state index is 13.3. The first-order chi connectivity index (χ1) is 19.2. The fourth-order valence-corrected chi connectivity index (χ4v) is 5.16. The SMILES string of the molecule is CCOC(=O)C1=C(COCCN2CCN(c3nc(N)n(C)n3)CC2)NC(C)=C(C(=O)OC)C1c1ccccc1Cl. The number of ether oxygens (including phenoxy) is 3. The highest BCUT2D eigenvalue weighted by atomic mass is 35.5. The van der Waals surface area contributed by atoms with E-state index in [-0.39, 0.29) is 18.8 Å². The minimum Gasteiger partial charge on any atom is -0.466 e. The number of anilines is 2. The molecule has 0 radical (unpaired) electrons. The number of nitrogens with two attached hydrogens (primary N) is 1. The van der Waals surface area contributed by atoms with Crippen LogP contribution < -0.4 is 16.0 Å². The number of hydrogen-bond donors (Lipinski definition) is 2. The van der Waals surface area contributed by atoms with Gasteiger partial charge in [-0.3, -0.25) is 4.90 Å². The number of nitrogens with one attached hydrogen (secondary N) is 1. The van der Waals surface area contributed by atoms with Crippen molar-refractivity contribution < 1.29 is 23.8 Å². The van der Waals surface area contributed by atoms with E-state index in [1.54, 1.807) is 43.8 Å². The molecular weight excluding hydrogens is 538 g/mol. The van der Waals surface area contributed by atoms with Gasteiger partial charge in [0.15, 0.2) is 0 Å². The molecule has 0 spiro atoms. The number of rotatable bonds is 10. The second-order valence-corrected chi connectivity index (χ2v) is 9.90. The molecule has 2 aliphatic heterocycles. The fourth-order valence-electron chi connectivity index (χ4n) is 4.92. The molecule has 0 saturated carbocycles. The van der Waals surface area contributed by atoms with Crippen molar-refractivity contribution in [3.8, 4) is 0 Å². The Morgan fingerprint density at radius 2 is 1.88 bits per heavy atom. The van der Waals surface area contributed by atoms with Crippen molar-refractivity contribution in [2.75, 3.05) is 70.3 Å². The molecule has 40 heavy (non-hydrogen) atoms. The number of benzene rings is 1. The molecule has 1 unspecified atom stereocenters. The molecule has 3 N–H and O–H groups in total. The molecule has 0 amide bonds. The van der Waals surface area contributed by atoms with Gasteiger partial charge < -0.3 is 30.2 Å². The van der Waals surface area contributed by atoms with Crippen molar-refractivity contribution >= 4 is 35.4 Å². The van der Waals surface area contributed by atoms with E-state index in [4.69, 9.17) is 31.5 Å². The van der Waals surface area contributed by atoms with Gasteiger partial charge in [-0.25, -0.2) is 14.3 Å². The van der Waals surface area contributed by atoms with E-state index in [2.05, 4.69) is 25.2 Å². The first kappa shape index (κ1) is 29.4. The Morgan fingerprint density at radius 3 is 2.50 bits per heavy atom. The van der Waals surface area contributed by atoms with Crippen LogP contribution in [0, 0.1) is 0 Å². The molecule has 1 aromatic heterocycles. The standard InChI is InChI=1S/C27H36ClN7O5/c1-5-40-25(37)23-20(30-17(2)21(24(36)38-4)22(23)18-8-6-7-9-19(18)28)16-39-15-14-34-10-12-35(13-11-34)27-31-26(29)33(3)32-27/h6-9,22,30H,5,10-16H2,1-4H3,(H2,29,31,32). The van der Waals surface area contributed by atoms with Crippen LogP contribution in [0.5, 0.6) is 0 Å². The van der Waals surface area contributed by atoms with E-state index in [9.17, 15) is 9.59 Å². The highest BCUT2D eigenvalue weighted by Gasteiger charge is 2.39. The number of aromatic nitrogens is 3. The molecule has 13 heteroatoms. The summed E-state index contributed by atoms with van der Waals surface area (Å²) in [7, 11) is 3.08. The minimum atomic E-state index is -0.776. The Hall–Kier alpha value is -3.61. The summed E-state index contributed by atoms with van der Waals surface area (Å²) in [5, 5.41) is 7.98. The zero-order chi connectivity index (χ0) is 28.8. The van der Waals surface area contributed by atoms with Crippen molar-refractivity contribution in [2.24, 2.45) is 7.05 Å². The van der Waals surface area contributed by atoms with Gasteiger partial charge in [-0.05, 0) is 25.5 Å². The summed E-state index contributed by atoms with van der Waals surface area (Å²) in [5.74, 6) is -0.853. The van der Waals surface area contributed by atoms with Crippen LogP contribution in [-0.2, 0) is 30.8 Å². The Balaban J connectivity index is 1.46. The van der Waals surface area contributed by atoms with Crippen LogP contribution in [0.1, 0.15) is 25.3 Å². The summed E-state index contributed by atoms with van der Waals surface area (Å²) in [4.78, 5) is 34.9. The third-order valence-electron chi connectivity index (χ3n) is 7.00. The van der Waals surface area contributed by atoms with Crippen molar-refractivity contribution in [3.05, 3.63) is 57.4 Å². The molecule has 12 nitrogen and oxygen atoms in total. The number of halogens is 1. The third kappa shape index (κ3) is 6.40. The average Bonchev–Trinajstić information content (AvgIpc) is 3.28. The highest BCUT2D eigenvalue weighted by Crippen LogP contribution is 2.41. The van der Waals surface area contributed by atoms with Gasteiger partial charge in [-0.1, -0.05) is 29.8 Å². The Bertz CT molecular complexity index is 1280. The smallest absolute Gasteiger partial charge is 0.336 e. The summed E-state index contributed by atoms with van der Waals surface area (Å²) in [6, 6.07) is 7.12. The molecule has 0 aliphatic carbocycles. The Morgan fingerprint density at radius 1 is 1.15 bits per heavy atom. The second-order valence-electron chi connectivity index (χ2n) is 9.50. The van der Waals surface area contributed by atoms with E-state index in [1.165, 1.54) is 7.11 Å². The normalized spacial score (nSPS) is 18.1. The van der Waals surface area contributed by atoms with Gasteiger partial charge in [0, 0.05) is 50.5 Å². The first-order valence-corrected chi connectivity index (χ1v) is 13.5. The van der Waals surface area contributed by atoms with Crippen molar-refractivity contribution in [2.45, 2.75) is 19.8 Å². The monoisotopic (exact) mass is 573 g/mol. The van der Waals surface area contributed by atoms with E-state index in [0.717, 1.165) is 26.2 Å². The maximum absolute atomic E-state index is 13.3. The van der Waals surface area contributed by atoms with Crippen molar-refractivity contribution in [1.29, 1.82) is 0 Å². The van der Waals surface area contributed by atoms with E-state index in [1.807, 2.05) is 6.07 Å². The third-order valence-corrected chi connectivity index (χ3v) is 7.34. The van der Waals surface area contributed by atoms with Crippen LogP contribution in [0.15, 0.2) is 46.8 Å². The van der Waals surface area contributed by atoms with Crippen LogP contribution in [0.4, 0.5) is 11.9 Å². The lowest BCUT2D eigenvalue weighted by Gasteiger charge is -2.34. The lowest BCUT2D eigenvalue weighted by molar-refractivity contribution is -0.139. The fraction of sp³-hybridized carbons (Fsp3) is 0.481. The lowest BCUT2D eigenvalue weighted by Crippen LogP contribution is -2.47. The van der Waals surface area contributed by atoms with Gasteiger partial charge in [0.25, 0.3) is 0 Å². The molecule has 1 aromatic carbocycles. The molecule has 2 aliphatic rings. The molecule has 3 heterocycles. The van der Waals surface area contributed by atoms with Crippen LogP contribution >= 0.6 is 11.6 Å². The number of carbonyl (C=O) groups excluding carboxylic acids is 2. The summed E-state index contributed by atoms with van der Waals surface area (Å²) in [5.41, 5.74) is 8.07. The van der Waals surface area contributed by atoms with Crippen LogP contribution in [-0.4, -0.2) is 91.3 Å². The van der Waals surface area contributed by atoms with E-state index >= 15 is 0 Å². The predicted octanol–water partition coefficient (Wildman–Crippen LogP) is 1.84. The van der Waals surface area contributed by atoms with Gasteiger partial charge in [0.1, 0.15) is 0 Å². The number of aryl methyl sites for hydroxylation is 1. The number of methoxy groups -OCH3 is 1. The zero-order valence-electron chi connectivity index (χ0n) is 23.3. The highest BCUT2D eigenvalue weighted by molar-refractivity contribution is 6.31.